The van der Waals surface area contributed by atoms with Crippen LogP contribution < -0.4 is 5.32 Å². The molecule has 1 amide bonds. The van der Waals surface area contributed by atoms with Crippen molar-refractivity contribution in [2.75, 3.05) is 12.9 Å². The Labute approximate surface area is 133 Å². The van der Waals surface area contributed by atoms with E-state index < -0.39 is 23.7 Å². The Morgan fingerprint density at radius 1 is 1.41 bits per heavy atom. The first-order valence-corrected chi connectivity index (χ1v) is 7.83. The van der Waals surface area contributed by atoms with Gasteiger partial charge in [0.2, 0.25) is 5.91 Å². The third-order valence-corrected chi connectivity index (χ3v) is 4.33. The van der Waals surface area contributed by atoms with E-state index in [1.54, 1.807) is 0 Å². The lowest BCUT2D eigenvalue weighted by Crippen LogP contribution is -2.44. The van der Waals surface area contributed by atoms with Gasteiger partial charge in [0.1, 0.15) is 5.92 Å². The number of nitrogens with zero attached hydrogens (tertiary/aromatic N) is 1. The van der Waals surface area contributed by atoms with Gasteiger partial charge < -0.3 is 10.1 Å². The molecule has 2 rings (SSSR count). The van der Waals surface area contributed by atoms with Gasteiger partial charge >= 0.3 is 5.97 Å². The molecular weight excluding hydrogens is 300 g/mol. The Kier molecular flexibility index (Phi) is 5.23. The number of methoxy groups -OCH3 is 1. The highest BCUT2D eigenvalue weighted by Crippen LogP contribution is 2.39. The van der Waals surface area contributed by atoms with Gasteiger partial charge in [0.15, 0.2) is 0 Å². The van der Waals surface area contributed by atoms with Gasteiger partial charge in [-0.1, -0.05) is 37.3 Å². The normalized spacial score (nSPS) is 21.0. The van der Waals surface area contributed by atoms with Crippen molar-refractivity contribution < 1.29 is 14.3 Å². The Balaban J connectivity index is 2.60. The van der Waals surface area contributed by atoms with E-state index in [1.165, 1.54) is 18.9 Å². The summed E-state index contributed by atoms with van der Waals surface area (Å²) in [6, 6.07) is 11.3. The molecular formula is C16H16N2O3S. The summed E-state index contributed by atoms with van der Waals surface area (Å²) in [5.74, 6) is -2.04. The van der Waals surface area contributed by atoms with Crippen molar-refractivity contribution in [1.82, 2.24) is 5.32 Å². The smallest absolute Gasteiger partial charge is 0.319 e. The number of benzene rings is 1. The third kappa shape index (κ3) is 3.00. The highest BCUT2D eigenvalue weighted by Gasteiger charge is 2.44. The fourth-order valence-electron chi connectivity index (χ4n) is 2.48. The molecule has 22 heavy (non-hydrogen) atoms. The van der Waals surface area contributed by atoms with Crippen molar-refractivity contribution in [3.05, 3.63) is 46.5 Å². The zero-order valence-corrected chi connectivity index (χ0v) is 13.1. The van der Waals surface area contributed by atoms with Gasteiger partial charge in [-0.2, -0.15) is 5.26 Å². The van der Waals surface area contributed by atoms with E-state index in [0.29, 0.717) is 16.4 Å². The molecule has 0 saturated carbocycles. The monoisotopic (exact) mass is 316 g/mol. The van der Waals surface area contributed by atoms with Gasteiger partial charge in [-0.3, -0.25) is 9.59 Å². The molecule has 1 aliphatic heterocycles. The molecule has 0 bridgehead atoms. The molecule has 0 saturated heterocycles. The molecule has 6 heteroatoms. The molecule has 5 nitrogen and oxygen atoms in total. The molecule has 0 aromatic heterocycles. The van der Waals surface area contributed by atoms with Crippen LogP contribution >= 0.6 is 11.8 Å². The molecule has 1 aromatic carbocycles. The van der Waals surface area contributed by atoms with Crippen LogP contribution in [0.5, 0.6) is 0 Å². The van der Waals surface area contributed by atoms with Crippen LogP contribution in [0.25, 0.3) is 0 Å². The standard InChI is InChI=1S/C16H16N2O3S/c1-3-22-15-11(9-17)12(10-7-5-4-6-8-10)13(14(19)18-15)16(20)21-2/h4-8,12-13H,3H2,1-2H3,(H,18,19)/t12-,13-/m1/s1. The Morgan fingerprint density at radius 2 is 2.09 bits per heavy atom. The SMILES string of the molecule is CCSC1=C(C#N)[C@@H](c2ccccc2)[C@@H](C(=O)OC)C(=O)N1. The number of rotatable bonds is 4. The van der Waals surface area contributed by atoms with Crippen molar-refractivity contribution in [3.63, 3.8) is 0 Å². The zero-order chi connectivity index (χ0) is 16.1. The van der Waals surface area contributed by atoms with E-state index in [9.17, 15) is 14.9 Å². The molecule has 1 N–H and O–H groups in total. The van der Waals surface area contributed by atoms with Crippen molar-refractivity contribution in [2.45, 2.75) is 12.8 Å². The summed E-state index contributed by atoms with van der Waals surface area (Å²) in [6.45, 7) is 1.93. The maximum absolute atomic E-state index is 12.4. The van der Waals surface area contributed by atoms with Crippen molar-refractivity contribution in [3.8, 4) is 6.07 Å². The Hall–Kier alpha value is -2.26. The number of ether oxygens (including phenoxy) is 1. The number of esters is 1. The number of amides is 1. The Bertz CT molecular complexity index is 649. The summed E-state index contributed by atoms with van der Waals surface area (Å²) in [6.07, 6.45) is 0. The van der Waals surface area contributed by atoms with Crippen LogP contribution in [0.3, 0.4) is 0 Å². The topological polar surface area (TPSA) is 79.2 Å². The second-order valence-electron chi connectivity index (χ2n) is 4.67. The van der Waals surface area contributed by atoms with Crippen LogP contribution in [0, 0.1) is 17.2 Å². The van der Waals surface area contributed by atoms with Gasteiger partial charge in [-0.15, -0.1) is 11.8 Å². The fourth-order valence-corrected chi connectivity index (χ4v) is 3.27. The van der Waals surface area contributed by atoms with E-state index in [-0.39, 0.29) is 0 Å². The van der Waals surface area contributed by atoms with E-state index in [0.717, 1.165) is 5.56 Å². The van der Waals surface area contributed by atoms with E-state index in [4.69, 9.17) is 4.74 Å². The number of carbonyl (C=O) groups excluding carboxylic acids is 2. The second-order valence-corrected chi connectivity index (χ2v) is 5.94. The second kappa shape index (κ2) is 7.14. The lowest BCUT2D eigenvalue weighted by Gasteiger charge is -2.30. The summed E-state index contributed by atoms with van der Waals surface area (Å²) in [7, 11) is 1.24. The van der Waals surface area contributed by atoms with Gasteiger partial charge in [0.05, 0.1) is 23.8 Å². The molecule has 1 heterocycles. The maximum atomic E-state index is 12.4. The average molecular weight is 316 g/mol. The van der Waals surface area contributed by atoms with E-state index >= 15 is 0 Å². The van der Waals surface area contributed by atoms with Crippen LogP contribution in [-0.2, 0) is 14.3 Å². The van der Waals surface area contributed by atoms with Gasteiger partial charge in [-0.25, -0.2) is 0 Å². The highest BCUT2D eigenvalue weighted by atomic mass is 32.2. The lowest BCUT2D eigenvalue weighted by molar-refractivity contribution is -0.150. The lowest BCUT2D eigenvalue weighted by atomic mass is 9.78. The number of thioether (sulfide) groups is 1. The predicted molar refractivity (Wildman–Crippen MR) is 83.6 cm³/mol. The van der Waals surface area contributed by atoms with Crippen LogP contribution in [0.1, 0.15) is 18.4 Å². The van der Waals surface area contributed by atoms with Crippen LogP contribution in [0.15, 0.2) is 40.9 Å². The number of nitrogens with one attached hydrogen (secondary N) is 1. The van der Waals surface area contributed by atoms with E-state index in [2.05, 4.69) is 11.4 Å². The Morgan fingerprint density at radius 3 is 2.64 bits per heavy atom. The average Bonchev–Trinajstić information content (AvgIpc) is 2.54. The number of allylic oxidation sites excluding steroid dienone is 1. The van der Waals surface area contributed by atoms with Crippen LogP contribution in [0.2, 0.25) is 0 Å². The summed E-state index contributed by atoms with van der Waals surface area (Å²) in [5, 5.41) is 12.7. The quantitative estimate of drug-likeness (QED) is 0.680. The summed E-state index contributed by atoms with van der Waals surface area (Å²) >= 11 is 1.38. The summed E-state index contributed by atoms with van der Waals surface area (Å²) < 4.78 is 4.76. The molecule has 0 aliphatic carbocycles. The van der Waals surface area contributed by atoms with E-state index in [1.807, 2.05) is 37.3 Å². The first-order valence-electron chi connectivity index (χ1n) is 6.84. The number of hydrogen-bond acceptors (Lipinski definition) is 5. The fraction of sp³-hybridized carbons (Fsp3) is 0.312. The molecule has 2 atom stereocenters. The molecule has 0 fully saturated rings. The minimum absolute atomic E-state index is 0.396. The maximum Gasteiger partial charge on any atom is 0.319 e. The van der Waals surface area contributed by atoms with Crippen molar-refractivity contribution >= 4 is 23.6 Å². The van der Waals surface area contributed by atoms with Gasteiger partial charge in [-0.05, 0) is 11.3 Å². The number of nitriles is 1. The molecule has 1 aliphatic rings. The minimum atomic E-state index is -1.05. The molecule has 1 aromatic rings. The third-order valence-electron chi connectivity index (χ3n) is 3.43. The molecule has 0 spiro atoms. The number of carbonyl (C=O) groups is 2. The summed E-state index contributed by atoms with van der Waals surface area (Å²) in [5.41, 5.74) is 1.14. The van der Waals surface area contributed by atoms with Gasteiger partial charge in [0, 0.05) is 5.92 Å². The summed E-state index contributed by atoms with van der Waals surface area (Å²) in [4.78, 5) is 24.4. The molecule has 0 radical (unpaired) electrons. The highest BCUT2D eigenvalue weighted by molar-refractivity contribution is 8.03. The molecule has 114 valence electrons. The first kappa shape index (κ1) is 16.1. The van der Waals surface area contributed by atoms with Crippen molar-refractivity contribution in [1.29, 1.82) is 5.26 Å². The minimum Gasteiger partial charge on any atom is -0.468 e. The molecule has 0 unspecified atom stereocenters. The first-order chi connectivity index (χ1) is 10.6. The van der Waals surface area contributed by atoms with Crippen LogP contribution in [0.4, 0.5) is 0 Å². The van der Waals surface area contributed by atoms with Crippen molar-refractivity contribution in [2.24, 2.45) is 5.92 Å². The number of hydrogen-bond donors (Lipinski definition) is 1. The van der Waals surface area contributed by atoms with Crippen LogP contribution in [-0.4, -0.2) is 24.7 Å². The zero-order valence-electron chi connectivity index (χ0n) is 12.3. The largest absolute Gasteiger partial charge is 0.468 e. The predicted octanol–water partition coefficient (Wildman–Crippen LogP) is 2.18. The van der Waals surface area contributed by atoms with Gasteiger partial charge in [0.25, 0.3) is 0 Å².